The topological polar surface area (TPSA) is 213 Å². The third-order valence-corrected chi connectivity index (χ3v) is 5.77. The molecule has 0 aliphatic carbocycles. The Kier molecular flexibility index (Phi) is 10.8. The zero-order valence-electron chi connectivity index (χ0n) is 20.5. The van der Waals surface area contributed by atoms with Gasteiger partial charge in [-0.1, -0.05) is 18.2 Å². The summed E-state index contributed by atoms with van der Waals surface area (Å²) in [5.41, 5.74) is 12.9. The molecule has 0 aliphatic rings. The van der Waals surface area contributed by atoms with Crippen LogP contribution in [0.5, 0.6) is 0 Å². The van der Waals surface area contributed by atoms with Crippen LogP contribution in [0.15, 0.2) is 30.5 Å². The summed E-state index contributed by atoms with van der Waals surface area (Å²) in [6.07, 6.45) is 1.76. The van der Waals surface area contributed by atoms with E-state index in [0.717, 1.165) is 16.5 Å². The van der Waals surface area contributed by atoms with Gasteiger partial charge in [0, 0.05) is 23.5 Å². The molecule has 10 N–H and O–H groups in total. The second-order valence-electron chi connectivity index (χ2n) is 8.82. The molecule has 2 rings (SSSR count). The van der Waals surface area contributed by atoms with Gasteiger partial charge in [0.1, 0.15) is 12.1 Å². The van der Waals surface area contributed by atoms with Crippen LogP contribution in [0.25, 0.3) is 10.9 Å². The third kappa shape index (κ3) is 8.04. The van der Waals surface area contributed by atoms with Crippen LogP contribution < -0.4 is 27.4 Å². The number of carboxylic acids is 1. The summed E-state index contributed by atoms with van der Waals surface area (Å²) >= 11 is 0. The molecule has 12 nitrogen and oxygen atoms in total. The summed E-state index contributed by atoms with van der Waals surface area (Å²) in [4.78, 5) is 53.1. The molecule has 0 aliphatic heterocycles. The van der Waals surface area contributed by atoms with E-state index in [1.807, 2.05) is 24.3 Å². The first kappa shape index (κ1) is 28.8. The molecule has 3 amide bonds. The standard InChI is InChI=1S/C24H36N6O6/c1-13(26)21(32)29-19(11-15-12-27-17-8-4-3-7-16(15)17)23(34)28-18(9-5-6-10-25)22(33)30-20(14(2)31)24(35)36/h3-4,7-8,12-14,18-20,27,31H,5-6,9-11,25-26H2,1-2H3,(H,28,34)(H,29,32)(H,30,33)(H,35,36). The fourth-order valence-electron chi connectivity index (χ4n) is 3.71. The van der Waals surface area contributed by atoms with Crippen molar-refractivity contribution >= 4 is 34.6 Å². The van der Waals surface area contributed by atoms with Gasteiger partial charge in [-0.2, -0.15) is 0 Å². The number of nitrogens with two attached hydrogens (primary N) is 2. The lowest BCUT2D eigenvalue weighted by molar-refractivity contribution is -0.145. The van der Waals surface area contributed by atoms with Gasteiger partial charge < -0.3 is 42.6 Å². The largest absolute Gasteiger partial charge is 0.480 e. The maximum atomic E-state index is 13.3. The number of hydrogen-bond acceptors (Lipinski definition) is 7. The SMILES string of the molecule is CC(N)C(=O)NC(Cc1c[nH]c2ccccc12)C(=O)NC(CCCCN)C(=O)NC(C(=O)O)C(C)O. The van der Waals surface area contributed by atoms with Crippen LogP contribution in [-0.4, -0.2) is 75.7 Å². The van der Waals surface area contributed by atoms with E-state index in [0.29, 0.717) is 19.4 Å². The fourth-order valence-corrected chi connectivity index (χ4v) is 3.71. The van der Waals surface area contributed by atoms with Gasteiger partial charge in [-0.15, -0.1) is 0 Å². The van der Waals surface area contributed by atoms with Crippen LogP contribution in [0.2, 0.25) is 0 Å². The Hall–Kier alpha value is -3.48. The second kappa shape index (κ2) is 13.6. The highest BCUT2D eigenvalue weighted by Gasteiger charge is 2.31. The van der Waals surface area contributed by atoms with Gasteiger partial charge in [-0.25, -0.2) is 4.79 Å². The Balaban J connectivity index is 2.26. The minimum atomic E-state index is -1.55. The van der Waals surface area contributed by atoms with Crippen molar-refractivity contribution in [2.75, 3.05) is 6.54 Å². The quantitative estimate of drug-likeness (QED) is 0.151. The van der Waals surface area contributed by atoms with E-state index >= 15 is 0 Å². The smallest absolute Gasteiger partial charge is 0.328 e. The van der Waals surface area contributed by atoms with E-state index in [4.69, 9.17) is 11.5 Å². The molecular formula is C24H36N6O6. The highest BCUT2D eigenvalue weighted by Crippen LogP contribution is 2.19. The Labute approximate surface area is 209 Å². The Morgan fingerprint density at radius 2 is 1.61 bits per heavy atom. The molecule has 0 spiro atoms. The Bertz CT molecular complexity index is 1050. The Morgan fingerprint density at radius 1 is 0.972 bits per heavy atom. The molecular weight excluding hydrogens is 468 g/mol. The van der Waals surface area contributed by atoms with E-state index in [9.17, 15) is 29.4 Å². The van der Waals surface area contributed by atoms with Crippen LogP contribution in [0.3, 0.4) is 0 Å². The van der Waals surface area contributed by atoms with Gasteiger partial charge in [0.15, 0.2) is 6.04 Å². The first-order valence-electron chi connectivity index (χ1n) is 11.9. The van der Waals surface area contributed by atoms with E-state index in [-0.39, 0.29) is 12.8 Å². The summed E-state index contributed by atoms with van der Waals surface area (Å²) in [6, 6.07) is 2.91. The van der Waals surface area contributed by atoms with Gasteiger partial charge in [0.05, 0.1) is 12.1 Å². The summed E-state index contributed by atoms with van der Waals surface area (Å²) in [7, 11) is 0. The van der Waals surface area contributed by atoms with Gasteiger partial charge in [0.2, 0.25) is 17.7 Å². The lowest BCUT2D eigenvalue weighted by atomic mass is 10.0. The highest BCUT2D eigenvalue weighted by molar-refractivity contribution is 5.94. The monoisotopic (exact) mass is 504 g/mol. The average Bonchev–Trinajstić information content (AvgIpc) is 3.23. The lowest BCUT2D eigenvalue weighted by Crippen LogP contribution is -2.58. The number of aliphatic hydroxyl groups is 1. The van der Waals surface area contributed by atoms with E-state index in [2.05, 4.69) is 20.9 Å². The maximum Gasteiger partial charge on any atom is 0.328 e. The molecule has 36 heavy (non-hydrogen) atoms. The van der Waals surface area contributed by atoms with Crippen LogP contribution in [-0.2, 0) is 25.6 Å². The first-order chi connectivity index (χ1) is 17.0. The number of carbonyl (C=O) groups is 4. The lowest BCUT2D eigenvalue weighted by Gasteiger charge is -2.25. The number of benzene rings is 1. The van der Waals surface area contributed by atoms with Gasteiger partial charge in [-0.3, -0.25) is 14.4 Å². The second-order valence-corrected chi connectivity index (χ2v) is 8.82. The normalized spacial score (nSPS) is 15.4. The van der Waals surface area contributed by atoms with E-state index < -0.39 is 54.0 Å². The highest BCUT2D eigenvalue weighted by atomic mass is 16.4. The predicted molar refractivity (Wildman–Crippen MR) is 134 cm³/mol. The summed E-state index contributed by atoms with van der Waals surface area (Å²) in [5, 5.41) is 27.4. The minimum absolute atomic E-state index is 0.122. The number of H-pyrrole nitrogens is 1. The van der Waals surface area contributed by atoms with Crippen LogP contribution in [0, 0.1) is 0 Å². The number of amides is 3. The van der Waals surface area contributed by atoms with Crippen LogP contribution in [0.4, 0.5) is 0 Å². The van der Waals surface area contributed by atoms with Crippen molar-refractivity contribution in [3.8, 4) is 0 Å². The van der Waals surface area contributed by atoms with Crippen molar-refractivity contribution in [1.29, 1.82) is 0 Å². The average molecular weight is 505 g/mol. The zero-order valence-corrected chi connectivity index (χ0v) is 20.5. The molecule has 12 heteroatoms. The van der Waals surface area contributed by atoms with Gasteiger partial charge in [0.25, 0.3) is 0 Å². The molecule has 0 fully saturated rings. The number of fused-ring (bicyclic) bond motifs is 1. The van der Waals surface area contributed by atoms with Gasteiger partial charge in [-0.05, 0) is 51.3 Å². The number of para-hydroxylation sites is 1. The van der Waals surface area contributed by atoms with Crippen molar-refractivity contribution < 1.29 is 29.4 Å². The molecule has 0 bridgehead atoms. The number of carboxylic acid groups (broad SMARTS) is 1. The van der Waals surface area contributed by atoms with Crippen molar-refractivity contribution in [3.05, 3.63) is 36.0 Å². The third-order valence-electron chi connectivity index (χ3n) is 5.77. The zero-order chi connectivity index (χ0) is 26.8. The number of carbonyl (C=O) groups excluding carboxylic acids is 3. The molecule has 1 heterocycles. The van der Waals surface area contributed by atoms with Crippen LogP contribution in [0.1, 0.15) is 38.7 Å². The predicted octanol–water partition coefficient (Wildman–Crippen LogP) is -0.894. The molecule has 1 aromatic carbocycles. The Morgan fingerprint density at radius 3 is 2.22 bits per heavy atom. The van der Waals surface area contributed by atoms with Crippen molar-refractivity contribution in [1.82, 2.24) is 20.9 Å². The minimum Gasteiger partial charge on any atom is -0.480 e. The summed E-state index contributed by atoms with van der Waals surface area (Å²) < 4.78 is 0. The molecule has 198 valence electrons. The first-order valence-corrected chi connectivity index (χ1v) is 11.9. The molecule has 2 aromatic rings. The van der Waals surface area contributed by atoms with Crippen molar-refractivity contribution in [3.63, 3.8) is 0 Å². The van der Waals surface area contributed by atoms with E-state index in [1.54, 1.807) is 6.20 Å². The number of aliphatic carboxylic acids is 1. The maximum absolute atomic E-state index is 13.3. The van der Waals surface area contributed by atoms with Gasteiger partial charge >= 0.3 is 5.97 Å². The summed E-state index contributed by atoms with van der Waals surface area (Å²) in [5.74, 6) is -3.35. The fraction of sp³-hybridized carbons (Fsp3) is 0.500. The van der Waals surface area contributed by atoms with E-state index in [1.165, 1.54) is 13.8 Å². The number of aromatic nitrogens is 1. The number of aliphatic hydroxyl groups excluding tert-OH is 1. The molecule has 5 unspecified atom stereocenters. The molecule has 5 atom stereocenters. The number of hydrogen-bond donors (Lipinski definition) is 8. The molecule has 0 saturated carbocycles. The van der Waals surface area contributed by atoms with Crippen molar-refractivity contribution in [2.45, 2.75) is 69.8 Å². The summed E-state index contributed by atoms with van der Waals surface area (Å²) in [6.45, 7) is 3.10. The number of nitrogens with one attached hydrogen (secondary N) is 4. The van der Waals surface area contributed by atoms with Crippen molar-refractivity contribution in [2.24, 2.45) is 11.5 Å². The number of unbranched alkanes of at least 4 members (excludes halogenated alkanes) is 1. The number of rotatable bonds is 14. The molecule has 1 aromatic heterocycles. The van der Waals surface area contributed by atoms with Crippen LogP contribution >= 0.6 is 0 Å². The molecule has 0 saturated heterocycles. The molecule has 0 radical (unpaired) electrons. The number of aromatic amines is 1.